The van der Waals surface area contributed by atoms with Crippen LogP contribution >= 0.6 is 0 Å². The summed E-state index contributed by atoms with van der Waals surface area (Å²) in [5, 5.41) is 17.0. The number of aromatic nitrogens is 9. The van der Waals surface area contributed by atoms with Crippen molar-refractivity contribution >= 4 is 153 Å². The molecule has 0 saturated heterocycles. The van der Waals surface area contributed by atoms with Gasteiger partial charge < -0.3 is 27.3 Å². The van der Waals surface area contributed by atoms with E-state index in [4.69, 9.17) is 19.4 Å². The summed E-state index contributed by atoms with van der Waals surface area (Å²) in [5.41, 5.74) is 35.4. The second-order valence-electron chi connectivity index (χ2n) is 37.3. The van der Waals surface area contributed by atoms with E-state index in [1.807, 2.05) is 36.4 Å². The van der Waals surface area contributed by atoms with Gasteiger partial charge in [-0.2, -0.15) is 9.97 Å². The SMILES string of the molecule is c1ccc(-c2ccc(-c3nc(-c4ccccc4)nc(-n4c5ccccc5c5ccc6c7ccccc7n(-c7ccccc7)c6c54)n3)cc2)cc1.c1ccc(-c2cccc(-n3c4ccccc4c4cc(-c5ccc6c(c5)c5ccccc5n6-c5cccc(-c6ccccc6)c5)ccc43)c2)cc1.c1ccc(-n2c3ccccc3c3cc(-c4ccc5c(c4)c4ccccc4n5-c4ccc5c(c4)oc4ccccc45)ccc32)cc1. The summed E-state index contributed by atoms with van der Waals surface area (Å²) in [6.07, 6.45) is 0. The summed E-state index contributed by atoms with van der Waals surface area (Å²) in [6, 6.07) is 188. The van der Waals surface area contributed by atoms with Gasteiger partial charge in [-0.05, 0) is 207 Å². The molecule has 10 heteroatoms. The lowest BCUT2D eigenvalue weighted by Gasteiger charge is -2.13. The Morgan fingerprint density at radius 3 is 0.793 bits per heavy atom. The van der Waals surface area contributed by atoms with Crippen molar-refractivity contribution in [2.24, 2.45) is 0 Å². The summed E-state index contributed by atoms with van der Waals surface area (Å²) in [4.78, 5) is 15.6. The third-order valence-corrected chi connectivity index (χ3v) is 29.0. The lowest BCUT2D eigenvalue weighted by Crippen LogP contribution is -2.07. The Bertz CT molecular complexity index is 10100. The van der Waals surface area contributed by atoms with Gasteiger partial charge in [0.1, 0.15) is 11.2 Å². The van der Waals surface area contributed by atoms with Crippen LogP contribution in [-0.2, 0) is 0 Å². The molecular formula is C135H87N9O. The van der Waals surface area contributed by atoms with Crippen molar-refractivity contribution in [1.82, 2.24) is 42.4 Å². The Labute approximate surface area is 834 Å². The number of furan rings is 1. The fourth-order valence-electron chi connectivity index (χ4n) is 22.4. The van der Waals surface area contributed by atoms with Crippen LogP contribution < -0.4 is 0 Å². The molecule has 0 bridgehead atoms. The number of para-hydroxylation sites is 9. The van der Waals surface area contributed by atoms with Crippen molar-refractivity contribution in [2.75, 3.05) is 0 Å². The van der Waals surface area contributed by atoms with Gasteiger partial charge in [-0.3, -0.25) is 4.57 Å². The third kappa shape index (κ3) is 14.3. The molecule has 10 nitrogen and oxygen atoms in total. The van der Waals surface area contributed by atoms with E-state index in [2.05, 4.69) is 519 Å². The van der Waals surface area contributed by atoms with E-state index >= 15 is 0 Å². The second-order valence-corrected chi connectivity index (χ2v) is 37.3. The molecule has 0 N–H and O–H groups in total. The summed E-state index contributed by atoms with van der Waals surface area (Å²) < 4.78 is 20.4. The molecule has 0 fully saturated rings. The highest BCUT2D eigenvalue weighted by Crippen LogP contribution is 2.47. The van der Waals surface area contributed by atoms with Gasteiger partial charge >= 0.3 is 0 Å². The molecule has 22 aromatic carbocycles. The summed E-state index contributed by atoms with van der Waals surface area (Å²) in [5.74, 6) is 1.82. The smallest absolute Gasteiger partial charge is 0.238 e. The van der Waals surface area contributed by atoms with Crippen molar-refractivity contribution in [3.63, 3.8) is 0 Å². The maximum Gasteiger partial charge on any atom is 0.238 e. The summed E-state index contributed by atoms with van der Waals surface area (Å²) in [7, 11) is 0. The molecule has 678 valence electrons. The topological polar surface area (TPSA) is 81.4 Å². The molecule has 0 atom stereocenters. The zero-order valence-corrected chi connectivity index (χ0v) is 78.7. The predicted octanol–water partition coefficient (Wildman–Crippen LogP) is 35.4. The molecule has 0 unspecified atom stereocenters. The number of hydrogen-bond acceptors (Lipinski definition) is 4. The van der Waals surface area contributed by atoms with Crippen molar-refractivity contribution in [2.45, 2.75) is 0 Å². The highest BCUT2D eigenvalue weighted by Gasteiger charge is 2.27. The molecule has 30 rings (SSSR count). The molecule has 0 radical (unpaired) electrons. The fraction of sp³-hybridized carbons (Fsp3) is 0. The van der Waals surface area contributed by atoms with Gasteiger partial charge in [0.05, 0.1) is 66.2 Å². The maximum atomic E-state index is 6.27. The van der Waals surface area contributed by atoms with Crippen LogP contribution in [0.2, 0.25) is 0 Å². The zero-order valence-electron chi connectivity index (χ0n) is 78.7. The van der Waals surface area contributed by atoms with Crippen molar-refractivity contribution in [1.29, 1.82) is 0 Å². The first kappa shape index (κ1) is 83.6. The van der Waals surface area contributed by atoms with Gasteiger partial charge in [0.2, 0.25) is 5.95 Å². The Morgan fingerprint density at radius 1 is 0.131 bits per heavy atom. The monoisotopic (exact) mass is 1850 g/mol. The fourth-order valence-corrected chi connectivity index (χ4v) is 22.4. The molecule has 8 heterocycles. The lowest BCUT2D eigenvalue weighted by molar-refractivity contribution is 0.668. The molecule has 0 spiro atoms. The Balaban J connectivity index is 0.000000106. The minimum Gasteiger partial charge on any atom is -0.456 e. The average Bonchev–Trinajstić information content (AvgIpc) is 1.54. The Morgan fingerprint density at radius 2 is 0.379 bits per heavy atom. The van der Waals surface area contributed by atoms with Gasteiger partial charge in [0.15, 0.2) is 11.6 Å². The minimum absolute atomic E-state index is 0.574. The van der Waals surface area contributed by atoms with Gasteiger partial charge in [-0.1, -0.05) is 370 Å². The molecule has 8 aromatic heterocycles. The molecule has 0 aliphatic rings. The second kappa shape index (κ2) is 34.8. The first-order chi connectivity index (χ1) is 71.9. The van der Waals surface area contributed by atoms with Gasteiger partial charge in [-0.15, -0.1) is 0 Å². The lowest BCUT2D eigenvalue weighted by atomic mass is 10.0. The standard InChI is InChI=1S/C48H32N2.C45H29N5.C42H26N2O/c1-3-13-33(14-4-1)35-17-11-19-39(29-35)49-45-23-9-7-21-41(45)43-31-37(25-27-47(43)49)38-26-28-48-44(32-38)42-22-8-10-24-46(42)50(48)40-20-12-18-36(30-40)34-15-5-2-6-16-34;1-4-14-30(15-5-1)31-24-26-33(27-25-31)44-46-43(32-16-6-2-7-17-32)47-45(48-44)50-40-23-13-11-21-36(40)38-29-28-37-35-20-10-12-22-39(35)49(41(37)42(38)50)34-18-8-3-9-19-34;1-2-10-29(11-3-1)43-37-15-7-4-12-31(37)35-24-27(18-22-39(35)43)28-19-23-40-36(25-28)32-13-5-8-16-38(32)44(40)30-20-21-34-33-14-6-9-17-41(33)45-42(34)26-30/h1-32H;1-29H;1-26H. The van der Waals surface area contributed by atoms with Crippen LogP contribution in [0.3, 0.4) is 0 Å². The van der Waals surface area contributed by atoms with E-state index in [1.165, 1.54) is 154 Å². The Kier molecular flexibility index (Phi) is 20.1. The maximum absolute atomic E-state index is 6.27. The molecule has 30 aromatic rings. The van der Waals surface area contributed by atoms with Crippen LogP contribution in [0.1, 0.15) is 0 Å². The van der Waals surface area contributed by atoms with Crippen molar-refractivity contribution < 1.29 is 4.42 Å². The van der Waals surface area contributed by atoms with Crippen molar-refractivity contribution in [3.8, 4) is 113 Å². The van der Waals surface area contributed by atoms with Crippen LogP contribution in [0.5, 0.6) is 0 Å². The van der Waals surface area contributed by atoms with Gasteiger partial charge in [0.25, 0.3) is 0 Å². The van der Waals surface area contributed by atoms with E-state index in [-0.39, 0.29) is 0 Å². The molecule has 145 heavy (non-hydrogen) atoms. The largest absolute Gasteiger partial charge is 0.456 e. The van der Waals surface area contributed by atoms with E-state index in [9.17, 15) is 0 Å². The highest BCUT2D eigenvalue weighted by atomic mass is 16.3. The van der Waals surface area contributed by atoms with E-state index in [1.54, 1.807) is 0 Å². The number of fused-ring (bicyclic) bond motifs is 22. The van der Waals surface area contributed by atoms with Gasteiger partial charge in [0, 0.05) is 121 Å². The molecular weight excluding hydrogens is 1760 g/mol. The molecule has 0 saturated carbocycles. The quantitative estimate of drug-likeness (QED) is 0.115. The van der Waals surface area contributed by atoms with Crippen molar-refractivity contribution in [3.05, 3.63) is 528 Å². The Hall–Kier alpha value is -19.6. The first-order valence-corrected chi connectivity index (χ1v) is 49.3. The predicted molar refractivity (Wildman–Crippen MR) is 604 cm³/mol. The number of rotatable bonds is 13. The zero-order chi connectivity index (χ0) is 95.5. The van der Waals surface area contributed by atoms with E-state index in [0.29, 0.717) is 17.6 Å². The average molecular weight is 1850 g/mol. The highest BCUT2D eigenvalue weighted by molar-refractivity contribution is 6.24. The molecule has 0 aliphatic carbocycles. The molecule has 0 amide bonds. The van der Waals surface area contributed by atoms with E-state index < -0.39 is 0 Å². The van der Waals surface area contributed by atoms with Crippen LogP contribution in [0, 0.1) is 0 Å². The normalized spacial score (nSPS) is 11.7. The number of hydrogen-bond donors (Lipinski definition) is 0. The number of nitrogens with zero attached hydrogens (tertiary/aromatic N) is 9. The summed E-state index contributed by atoms with van der Waals surface area (Å²) in [6.45, 7) is 0. The molecule has 0 aliphatic heterocycles. The van der Waals surface area contributed by atoms with E-state index in [0.717, 1.165) is 94.2 Å². The van der Waals surface area contributed by atoms with Crippen LogP contribution in [0.15, 0.2) is 532 Å². The first-order valence-electron chi connectivity index (χ1n) is 49.3. The van der Waals surface area contributed by atoms with Crippen LogP contribution in [-0.4, -0.2) is 42.4 Å². The van der Waals surface area contributed by atoms with Crippen LogP contribution in [0.4, 0.5) is 0 Å². The summed E-state index contributed by atoms with van der Waals surface area (Å²) >= 11 is 0. The third-order valence-electron chi connectivity index (χ3n) is 29.0. The van der Waals surface area contributed by atoms with Gasteiger partial charge in [-0.25, -0.2) is 4.98 Å². The number of benzene rings is 22. The van der Waals surface area contributed by atoms with Crippen LogP contribution in [0.25, 0.3) is 266 Å². The minimum atomic E-state index is 0.574.